The Kier molecular flexibility index (Phi) is 4.11. The van der Waals surface area contributed by atoms with Crippen molar-refractivity contribution in [2.75, 3.05) is 22.6 Å². The summed E-state index contributed by atoms with van der Waals surface area (Å²) >= 11 is 0. The minimum absolute atomic E-state index is 0.0592. The van der Waals surface area contributed by atoms with Gasteiger partial charge in [-0.1, -0.05) is 6.07 Å². The van der Waals surface area contributed by atoms with E-state index in [1.54, 1.807) is 36.4 Å². The van der Waals surface area contributed by atoms with Crippen LogP contribution in [0.2, 0.25) is 0 Å². The van der Waals surface area contributed by atoms with Crippen LogP contribution in [-0.4, -0.2) is 29.3 Å². The number of carbonyl (C=O) groups excluding carboxylic acids is 3. The van der Waals surface area contributed by atoms with Crippen molar-refractivity contribution in [2.45, 2.75) is 6.92 Å². The standard InChI is InChI=1S/C16H14N4O4/c1-9(21)17-11-4-2-3-10(7-11)16(23)19-13-6-5-12-15(18-13)20-14(22)8-24-12/h2-7H,8H2,1H3,(H,17,21)(H2,18,19,20,22,23). The van der Waals surface area contributed by atoms with Crippen LogP contribution < -0.4 is 20.7 Å². The van der Waals surface area contributed by atoms with Crippen molar-refractivity contribution < 1.29 is 19.1 Å². The van der Waals surface area contributed by atoms with E-state index in [1.165, 1.54) is 6.92 Å². The second-order valence-electron chi connectivity index (χ2n) is 5.10. The fraction of sp³-hybridized carbons (Fsp3) is 0.125. The number of hydrogen-bond donors (Lipinski definition) is 3. The smallest absolute Gasteiger partial charge is 0.263 e. The topological polar surface area (TPSA) is 109 Å². The van der Waals surface area contributed by atoms with Crippen LogP contribution in [0.1, 0.15) is 17.3 Å². The number of pyridine rings is 1. The average Bonchev–Trinajstić information content (AvgIpc) is 2.54. The normalized spacial score (nSPS) is 12.5. The molecule has 3 rings (SSSR count). The van der Waals surface area contributed by atoms with Crippen LogP contribution in [0.25, 0.3) is 0 Å². The molecule has 0 saturated carbocycles. The van der Waals surface area contributed by atoms with Crippen molar-refractivity contribution >= 4 is 35.0 Å². The Morgan fingerprint density at radius 3 is 2.83 bits per heavy atom. The van der Waals surface area contributed by atoms with Gasteiger partial charge >= 0.3 is 0 Å². The zero-order valence-electron chi connectivity index (χ0n) is 12.8. The predicted octanol–water partition coefficient (Wildman–Crippen LogP) is 1.62. The number of hydrogen-bond acceptors (Lipinski definition) is 5. The summed E-state index contributed by atoms with van der Waals surface area (Å²) in [5.74, 6) is 0.0598. The van der Waals surface area contributed by atoms with E-state index in [2.05, 4.69) is 20.9 Å². The minimum Gasteiger partial charge on any atom is -0.480 e. The predicted molar refractivity (Wildman–Crippen MR) is 87.1 cm³/mol. The molecule has 0 unspecified atom stereocenters. The first-order chi connectivity index (χ1) is 11.5. The Labute approximate surface area is 137 Å². The molecule has 8 heteroatoms. The van der Waals surface area contributed by atoms with Gasteiger partial charge in [-0.15, -0.1) is 0 Å². The summed E-state index contributed by atoms with van der Waals surface area (Å²) in [6.07, 6.45) is 0. The van der Waals surface area contributed by atoms with E-state index in [4.69, 9.17) is 4.74 Å². The third-order valence-electron chi connectivity index (χ3n) is 3.16. The number of aromatic nitrogens is 1. The van der Waals surface area contributed by atoms with Gasteiger partial charge in [0, 0.05) is 18.2 Å². The molecule has 0 atom stereocenters. The van der Waals surface area contributed by atoms with Crippen molar-refractivity contribution in [1.29, 1.82) is 0 Å². The quantitative estimate of drug-likeness (QED) is 0.794. The van der Waals surface area contributed by atoms with Gasteiger partial charge in [0.15, 0.2) is 18.2 Å². The molecule has 0 fully saturated rings. The van der Waals surface area contributed by atoms with Gasteiger partial charge in [-0.3, -0.25) is 14.4 Å². The Balaban J connectivity index is 1.76. The molecule has 1 aliphatic rings. The van der Waals surface area contributed by atoms with Crippen molar-refractivity contribution in [1.82, 2.24) is 4.98 Å². The maximum atomic E-state index is 12.3. The molecule has 1 aromatic heterocycles. The molecule has 0 saturated heterocycles. The Bertz CT molecular complexity index is 835. The highest BCUT2D eigenvalue weighted by atomic mass is 16.5. The molecule has 2 heterocycles. The summed E-state index contributed by atoms with van der Waals surface area (Å²) in [7, 11) is 0. The highest BCUT2D eigenvalue weighted by molar-refractivity contribution is 6.05. The van der Waals surface area contributed by atoms with Crippen LogP contribution in [0.15, 0.2) is 36.4 Å². The van der Waals surface area contributed by atoms with Gasteiger partial charge < -0.3 is 20.7 Å². The molecule has 2 aromatic rings. The van der Waals surface area contributed by atoms with E-state index in [0.29, 0.717) is 17.0 Å². The van der Waals surface area contributed by atoms with Gasteiger partial charge in [0.2, 0.25) is 5.91 Å². The van der Waals surface area contributed by atoms with E-state index in [1.807, 2.05) is 0 Å². The molecule has 0 spiro atoms. The molecular formula is C16H14N4O4. The molecule has 0 radical (unpaired) electrons. The van der Waals surface area contributed by atoms with Crippen molar-refractivity contribution in [3.63, 3.8) is 0 Å². The van der Waals surface area contributed by atoms with Crippen LogP contribution in [0.3, 0.4) is 0 Å². The van der Waals surface area contributed by atoms with E-state index >= 15 is 0 Å². The lowest BCUT2D eigenvalue weighted by atomic mass is 10.2. The van der Waals surface area contributed by atoms with Crippen LogP contribution in [0.5, 0.6) is 5.75 Å². The number of anilines is 3. The summed E-state index contributed by atoms with van der Waals surface area (Å²) in [5, 5.41) is 7.82. The number of nitrogens with zero attached hydrogens (tertiary/aromatic N) is 1. The lowest BCUT2D eigenvalue weighted by Crippen LogP contribution is -2.26. The summed E-state index contributed by atoms with van der Waals surface area (Å²) in [6, 6.07) is 9.71. The lowest BCUT2D eigenvalue weighted by molar-refractivity contribution is -0.118. The number of carbonyl (C=O) groups is 3. The molecule has 24 heavy (non-hydrogen) atoms. The number of rotatable bonds is 3. The number of amides is 3. The second kappa shape index (κ2) is 6.37. The van der Waals surface area contributed by atoms with Crippen molar-refractivity contribution in [3.8, 4) is 5.75 Å². The van der Waals surface area contributed by atoms with E-state index < -0.39 is 5.91 Å². The Morgan fingerprint density at radius 2 is 2.04 bits per heavy atom. The van der Waals surface area contributed by atoms with Gasteiger partial charge in [0.05, 0.1) is 0 Å². The van der Waals surface area contributed by atoms with Crippen molar-refractivity contribution in [2.24, 2.45) is 0 Å². The molecular weight excluding hydrogens is 312 g/mol. The molecule has 1 aromatic carbocycles. The van der Waals surface area contributed by atoms with Gasteiger partial charge in [0.25, 0.3) is 11.8 Å². The number of fused-ring (bicyclic) bond motifs is 1. The summed E-state index contributed by atoms with van der Waals surface area (Å²) in [6.45, 7) is 1.33. The molecule has 3 amide bonds. The fourth-order valence-corrected chi connectivity index (χ4v) is 2.16. The van der Waals surface area contributed by atoms with Crippen LogP contribution >= 0.6 is 0 Å². The minimum atomic E-state index is -0.391. The molecule has 3 N–H and O–H groups in total. The van der Waals surface area contributed by atoms with Gasteiger partial charge in [-0.25, -0.2) is 4.98 Å². The summed E-state index contributed by atoms with van der Waals surface area (Å²) < 4.78 is 5.21. The third-order valence-corrected chi connectivity index (χ3v) is 3.16. The number of nitrogens with one attached hydrogen (secondary N) is 3. The molecule has 0 aliphatic carbocycles. The first-order valence-electron chi connectivity index (χ1n) is 7.14. The highest BCUT2D eigenvalue weighted by Gasteiger charge is 2.18. The third kappa shape index (κ3) is 3.49. The Hall–Kier alpha value is -3.42. The van der Waals surface area contributed by atoms with Crippen molar-refractivity contribution in [3.05, 3.63) is 42.0 Å². The van der Waals surface area contributed by atoms with E-state index in [9.17, 15) is 14.4 Å². The zero-order chi connectivity index (χ0) is 17.1. The summed E-state index contributed by atoms with van der Waals surface area (Å²) in [4.78, 5) is 38.8. The van der Waals surface area contributed by atoms with Crippen LogP contribution in [0, 0.1) is 0 Å². The van der Waals surface area contributed by atoms with Crippen LogP contribution in [-0.2, 0) is 9.59 Å². The zero-order valence-corrected chi connectivity index (χ0v) is 12.8. The highest BCUT2D eigenvalue weighted by Crippen LogP contribution is 2.27. The fourth-order valence-electron chi connectivity index (χ4n) is 2.16. The van der Waals surface area contributed by atoms with Gasteiger partial charge in [-0.05, 0) is 30.3 Å². The average molecular weight is 326 g/mol. The van der Waals surface area contributed by atoms with Crippen LogP contribution in [0.4, 0.5) is 17.3 Å². The molecule has 8 nitrogen and oxygen atoms in total. The second-order valence-corrected chi connectivity index (χ2v) is 5.10. The Morgan fingerprint density at radius 1 is 1.21 bits per heavy atom. The molecule has 122 valence electrons. The molecule has 1 aliphatic heterocycles. The van der Waals surface area contributed by atoms with Gasteiger partial charge in [0.1, 0.15) is 5.82 Å². The van der Waals surface area contributed by atoms with E-state index in [-0.39, 0.29) is 30.1 Å². The van der Waals surface area contributed by atoms with Gasteiger partial charge in [-0.2, -0.15) is 0 Å². The maximum absolute atomic E-state index is 12.3. The monoisotopic (exact) mass is 326 g/mol. The largest absolute Gasteiger partial charge is 0.480 e. The SMILES string of the molecule is CC(=O)Nc1cccc(C(=O)Nc2ccc3c(n2)NC(=O)CO3)c1. The first-order valence-corrected chi connectivity index (χ1v) is 7.14. The summed E-state index contributed by atoms with van der Waals surface area (Å²) in [5.41, 5.74) is 0.885. The number of benzene rings is 1. The number of ether oxygens (including phenoxy) is 1. The van der Waals surface area contributed by atoms with E-state index in [0.717, 1.165) is 0 Å². The maximum Gasteiger partial charge on any atom is 0.263 e. The first kappa shape index (κ1) is 15.5. The lowest BCUT2D eigenvalue weighted by Gasteiger charge is -2.17. The molecule has 0 bridgehead atoms.